The highest BCUT2D eigenvalue weighted by Gasteiger charge is 2.11. The first kappa shape index (κ1) is 15.3. The average Bonchev–Trinajstić information content (AvgIpc) is 2.41. The molecule has 1 aromatic carbocycles. The molecule has 0 saturated heterocycles. The number of aromatic nitrogens is 1. The number of hydrogen-bond acceptors (Lipinski definition) is 3. The molecule has 0 aliphatic rings. The van der Waals surface area contributed by atoms with Crippen molar-refractivity contribution in [3.05, 3.63) is 50.0 Å². The molecule has 1 heterocycles. The number of hydrogen-bond donors (Lipinski definition) is 2. The lowest BCUT2D eigenvalue weighted by atomic mass is 10.2. The number of amides is 1. The number of benzene rings is 1. The van der Waals surface area contributed by atoms with E-state index in [1.807, 2.05) is 12.1 Å². The molecule has 0 saturated carbocycles. The summed E-state index contributed by atoms with van der Waals surface area (Å²) in [5, 5.41) is 5.93. The Morgan fingerprint density at radius 3 is 2.65 bits per heavy atom. The van der Waals surface area contributed by atoms with Gasteiger partial charge in [-0.25, -0.2) is 4.98 Å². The van der Waals surface area contributed by atoms with Gasteiger partial charge >= 0.3 is 0 Å². The lowest BCUT2D eigenvalue weighted by Crippen LogP contribution is -2.13. The zero-order valence-corrected chi connectivity index (χ0v) is 14.3. The molecule has 20 heavy (non-hydrogen) atoms. The summed E-state index contributed by atoms with van der Waals surface area (Å²) >= 11 is 12.6. The number of rotatable bonds is 3. The maximum Gasteiger partial charge on any atom is 0.255 e. The third-order valence-electron chi connectivity index (χ3n) is 2.49. The van der Waals surface area contributed by atoms with Crippen LogP contribution in [-0.2, 0) is 0 Å². The molecule has 104 valence electrons. The monoisotopic (exact) mass is 417 g/mol. The zero-order chi connectivity index (χ0) is 14.7. The van der Waals surface area contributed by atoms with Gasteiger partial charge in [-0.05, 0) is 46.3 Å². The first-order valence-corrected chi connectivity index (χ1v) is 7.57. The largest absolute Gasteiger partial charge is 0.373 e. The van der Waals surface area contributed by atoms with E-state index in [-0.39, 0.29) is 11.1 Å². The minimum absolute atomic E-state index is 0.256. The Morgan fingerprint density at radius 1 is 1.25 bits per heavy atom. The van der Waals surface area contributed by atoms with E-state index in [9.17, 15) is 4.79 Å². The molecule has 0 aliphatic carbocycles. The molecule has 0 radical (unpaired) electrons. The first-order chi connectivity index (χ1) is 9.49. The summed E-state index contributed by atoms with van der Waals surface area (Å²) in [5.74, 6) is 0.284. The molecule has 2 aromatic rings. The van der Waals surface area contributed by atoms with Crippen molar-refractivity contribution in [2.75, 3.05) is 17.7 Å². The summed E-state index contributed by atoms with van der Waals surface area (Å²) in [5.41, 5.74) is 1.11. The van der Waals surface area contributed by atoms with E-state index in [1.165, 1.54) is 6.07 Å². The number of halogens is 3. The molecule has 1 aromatic heterocycles. The Morgan fingerprint density at radius 2 is 2.00 bits per heavy atom. The number of carbonyl (C=O) groups is 1. The molecular formula is C13H10Br2ClN3O. The van der Waals surface area contributed by atoms with Crippen LogP contribution in [-0.4, -0.2) is 17.9 Å². The maximum atomic E-state index is 12.2. The fraction of sp³-hybridized carbons (Fsp3) is 0.0769. The number of nitrogens with one attached hydrogen (secondary N) is 2. The molecule has 0 unspecified atom stereocenters. The zero-order valence-electron chi connectivity index (χ0n) is 10.4. The summed E-state index contributed by atoms with van der Waals surface area (Å²) in [4.78, 5) is 16.2. The van der Waals surface area contributed by atoms with Crippen LogP contribution in [0.15, 0.2) is 39.3 Å². The van der Waals surface area contributed by atoms with Crippen molar-refractivity contribution in [2.45, 2.75) is 0 Å². The van der Waals surface area contributed by atoms with Gasteiger partial charge in [-0.1, -0.05) is 27.5 Å². The molecule has 4 nitrogen and oxygen atoms in total. The summed E-state index contributed by atoms with van der Waals surface area (Å²) < 4.78 is 1.71. The van der Waals surface area contributed by atoms with Crippen molar-refractivity contribution in [3.8, 4) is 0 Å². The third-order valence-corrected chi connectivity index (χ3v) is 3.83. The van der Waals surface area contributed by atoms with Crippen molar-refractivity contribution in [2.24, 2.45) is 0 Å². The molecule has 0 bridgehead atoms. The Bertz CT molecular complexity index is 664. The molecular weight excluding hydrogens is 409 g/mol. The number of anilines is 2. The van der Waals surface area contributed by atoms with E-state index >= 15 is 0 Å². The van der Waals surface area contributed by atoms with Gasteiger partial charge in [0, 0.05) is 21.6 Å². The first-order valence-electron chi connectivity index (χ1n) is 5.61. The predicted octanol–water partition coefficient (Wildman–Crippen LogP) is 4.55. The van der Waals surface area contributed by atoms with Crippen LogP contribution in [0.2, 0.25) is 5.15 Å². The van der Waals surface area contributed by atoms with Crippen molar-refractivity contribution in [1.29, 1.82) is 0 Å². The van der Waals surface area contributed by atoms with Gasteiger partial charge in [0.1, 0.15) is 11.0 Å². The second kappa shape index (κ2) is 6.56. The third kappa shape index (κ3) is 3.71. The van der Waals surface area contributed by atoms with Crippen LogP contribution in [0.4, 0.5) is 11.5 Å². The molecule has 2 N–H and O–H groups in total. The second-order valence-electron chi connectivity index (χ2n) is 3.89. The molecule has 2 rings (SSSR count). The highest BCUT2D eigenvalue weighted by Crippen LogP contribution is 2.27. The van der Waals surface area contributed by atoms with Crippen molar-refractivity contribution >= 4 is 60.9 Å². The molecule has 7 heteroatoms. The van der Waals surface area contributed by atoms with Crippen LogP contribution in [0, 0.1) is 0 Å². The van der Waals surface area contributed by atoms with Crippen LogP contribution in [0.3, 0.4) is 0 Å². The second-order valence-corrected chi connectivity index (χ2v) is 6.05. The minimum Gasteiger partial charge on any atom is -0.373 e. The van der Waals surface area contributed by atoms with Gasteiger partial charge < -0.3 is 10.6 Å². The highest BCUT2D eigenvalue weighted by atomic mass is 79.9. The van der Waals surface area contributed by atoms with Crippen LogP contribution in [0.5, 0.6) is 0 Å². The fourth-order valence-electron chi connectivity index (χ4n) is 1.54. The predicted molar refractivity (Wildman–Crippen MR) is 88.6 cm³/mol. The van der Waals surface area contributed by atoms with Gasteiger partial charge in [0.15, 0.2) is 0 Å². The lowest BCUT2D eigenvalue weighted by molar-refractivity contribution is 0.102. The standard InChI is InChI=1S/C13H10Br2ClN3O/c1-17-12-5-7(4-11(16)19-12)13(20)18-10-3-2-8(14)6-9(10)15/h2-6H,1H3,(H,17,19)(H,18,20). The quantitative estimate of drug-likeness (QED) is 0.718. The normalized spacial score (nSPS) is 10.2. The average molecular weight is 420 g/mol. The van der Waals surface area contributed by atoms with Crippen LogP contribution >= 0.6 is 43.5 Å². The van der Waals surface area contributed by atoms with Gasteiger partial charge in [0.05, 0.1) is 5.69 Å². The van der Waals surface area contributed by atoms with Gasteiger partial charge in [-0.3, -0.25) is 4.79 Å². The van der Waals surface area contributed by atoms with E-state index in [1.54, 1.807) is 19.2 Å². The Hall–Kier alpha value is -1.11. The van der Waals surface area contributed by atoms with Crippen LogP contribution in [0.1, 0.15) is 10.4 Å². The van der Waals surface area contributed by atoms with Crippen molar-refractivity contribution in [3.63, 3.8) is 0 Å². The van der Waals surface area contributed by atoms with E-state index in [0.29, 0.717) is 17.1 Å². The topological polar surface area (TPSA) is 54.0 Å². The van der Waals surface area contributed by atoms with Crippen molar-refractivity contribution in [1.82, 2.24) is 4.98 Å². The lowest BCUT2D eigenvalue weighted by Gasteiger charge is -2.09. The number of pyridine rings is 1. The Balaban J connectivity index is 2.26. The van der Waals surface area contributed by atoms with Gasteiger partial charge in [0.25, 0.3) is 5.91 Å². The van der Waals surface area contributed by atoms with Crippen LogP contribution in [0.25, 0.3) is 0 Å². The van der Waals surface area contributed by atoms with E-state index in [2.05, 4.69) is 47.5 Å². The van der Waals surface area contributed by atoms with E-state index in [0.717, 1.165) is 8.95 Å². The van der Waals surface area contributed by atoms with E-state index < -0.39 is 0 Å². The molecule has 0 atom stereocenters. The molecule has 1 amide bonds. The molecule has 0 spiro atoms. The summed E-state index contributed by atoms with van der Waals surface area (Å²) in [6.45, 7) is 0. The Labute approximate surface area is 138 Å². The SMILES string of the molecule is CNc1cc(C(=O)Nc2ccc(Br)cc2Br)cc(Cl)n1. The minimum atomic E-state index is -0.256. The summed E-state index contributed by atoms with van der Waals surface area (Å²) in [6.07, 6.45) is 0. The molecule has 0 aliphatic heterocycles. The fourth-order valence-corrected chi connectivity index (χ4v) is 2.90. The highest BCUT2D eigenvalue weighted by molar-refractivity contribution is 9.11. The summed E-state index contributed by atoms with van der Waals surface area (Å²) in [7, 11) is 1.71. The summed E-state index contributed by atoms with van der Waals surface area (Å²) in [6, 6.07) is 8.65. The molecule has 0 fully saturated rings. The number of carbonyl (C=O) groups excluding carboxylic acids is 1. The smallest absolute Gasteiger partial charge is 0.255 e. The maximum absolute atomic E-state index is 12.2. The van der Waals surface area contributed by atoms with E-state index in [4.69, 9.17) is 11.6 Å². The Kier molecular flexibility index (Phi) is 5.01. The van der Waals surface area contributed by atoms with Crippen LogP contribution < -0.4 is 10.6 Å². The van der Waals surface area contributed by atoms with Gasteiger partial charge in [-0.15, -0.1) is 0 Å². The van der Waals surface area contributed by atoms with Gasteiger partial charge in [-0.2, -0.15) is 0 Å². The van der Waals surface area contributed by atoms with Gasteiger partial charge in [0.2, 0.25) is 0 Å². The number of nitrogens with zero attached hydrogens (tertiary/aromatic N) is 1. The van der Waals surface area contributed by atoms with Crippen molar-refractivity contribution < 1.29 is 4.79 Å².